The Hall–Kier alpha value is -2.61. The van der Waals surface area contributed by atoms with Crippen LogP contribution in [0.5, 0.6) is 5.75 Å². The normalized spacial score (nSPS) is 11.1. The summed E-state index contributed by atoms with van der Waals surface area (Å²) in [6.45, 7) is 1.73. The first-order valence-corrected chi connectivity index (χ1v) is 7.35. The molecule has 0 amide bonds. The lowest BCUT2D eigenvalue weighted by Crippen LogP contribution is -2.13. The van der Waals surface area contributed by atoms with Gasteiger partial charge in [0.2, 0.25) is 0 Å². The molecule has 21 heavy (non-hydrogen) atoms. The monoisotopic (exact) mass is 308 g/mol. The van der Waals surface area contributed by atoms with Gasteiger partial charge in [0.05, 0.1) is 15.5 Å². The molecule has 2 N–H and O–H groups in total. The van der Waals surface area contributed by atoms with Gasteiger partial charge in [0, 0.05) is 6.07 Å². The molecule has 0 aliphatic carbocycles. The van der Waals surface area contributed by atoms with E-state index in [1.54, 1.807) is 31.2 Å². The second-order valence-electron chi connectivity index (χ2n) is 4.33. The minimum Gasteiger partial charge on any atom is -0.502 e. The first-order valence-electron chi connectivity index (χ1n) is 5.87. The number of aryl methyl sites for hydroxylation is 1. The van der Waals surface area contributed by atoms with Crippen LogP contribution in [0.2, 0.25) is 0 Å². The van der Waals surface area contributed by atoms with Gasteiger partial charge in [-0.15, -0.1) is 0 Å². The molecule has 7 nitrogen and oxygen atoms in total. The third-order valence-electron chi connectivity index (χ3n) is 2.84. The van der Waals surface area contributed by atoms with E-state index in [4.69, 9.17) is 0 Å². The summed E-state index contributed by atoms with van der Waals surface area (Å²) in [6.07, 6.45) is 0. The number of rotatable bonds is 4. The van der Waals surface area contributed by atoms with E-state index in [1.807, 2.05) is 0 Å². The number of anilines is 1. The summed E-state index contributed by atoms with van der Waals surface area (Å²) in [7, 11) is -3.97. The Bertz CT molecular complexity index is 802. The van der Waals surface area contributed by atoms with Crippen molar-refractivity contribution in [1.82, 2.24) is 0 Å². The molecule has 0 aromatic heterocycles. The van der Waals surface area contributed by atoms with Crippen LogP contribution in [-0.4, -0.2) is 18.4 Å². The largest absolute Gasteiger partial charge is 0.502 e. The fourth-order valence-electron chi connectivity index (χ4n) is 1.71. The Morgan fingerprint density at radius 1 is 1.19 bits per heavy atom. The number of phenolic OH excluding ortho intramolecular Hbond substituents is 1. The van der Waals surface area contributed by atoms with E-state index < -0.39 is 26.4 Å². The van der Waals surface area contributed by atoms with Gasteiger partial charge in [-0.1, -0.05) is 18.2 Å². The number of hydrogen-bond donors (Lipinski definition) is 2. The predicted molar refractivity (Wildman–Crippen MR) is 76.7 cm³/mol. The Morgan fingerprint density at radius 2 is 1.86 bits per heavy atom. The summed E-state index contributed by atoms with van der Waals surface area (Å²) in [5.74, 6) is -0.588. The standard InChI is InChI=1S/C13H12N2O5S/c1-9-4-2-3-5-11(9)14-21(19,20)10-6-7-13(16)12(8-10)15(17)18/h2-8,14,16H,1H3. The Labute approximate surface area is 121 Å². The number of hydrogen-bond acceptors (Lipinski definition) is 5. The van der Waals surface area contributed by atoms with Gasteiger partial charge in [-0.05, 0) is 30.7 Å². The van der Waals surface area contributed by atoms with E-state index in [1.165, 1.54) is 0 Å². The summed E-state index contributed by atoms with van der Waals surface area (Å²) >= 11 is 0. The number of aromatic hydroxyl groups is 1. The summed E-state index contributed by atoms with van der Waals surface area (Å²) in [5, 5.41) is 20.1. The maximum Gasteiger partial charge on any atom is 0.312 e. The molecule has 0 aliphatic rings. The zero-order chi connectivity index (χ0) is 15.6. The zero-order valence-electron chi connectivity index (χ0n) is 11.0. The first-order chi connectivity index (χ1) is 9.81. The molecule has 110 valence electrons. The highest BCUT2D eigenvalue weighted by Crippen LogP contribution is 2.29. The van der Waals surface area contributed by atoms with Crippen molar-refractivity contribution in [3.05, 3.63) is 58.1 Å². The molecule has 8 heteroatoms. The van der Waals surface area contributed by atoms with Crippen molar-refractivity contribution in [2.24, 2.45) is 0 Å². The summed E-state index contributed by atoms with van der Waals surface area (Å²) in [4.78, 5) is 9.60. The maximum absolute atomic E-state index is 12.2. The topological polar surface area (TPSA) is 110 Å². The molecule has 0 aliphatic heterocycles. The number of sulfonamides is 1. The van der Waals surface area contributed by atoms with Crippen LogP contribution in [0, 0.1) is 17.0 Å². The van der Waals surface area contributed by atoms with Crippen molar-refractivity contribution < 1.29 is 18.4 Å². The van der Waals surface area contributed by atoms with Crippen LogP contribution in [-0.2, 0) is 10.0 Å². The fraction of sp³-hybridized carbons (Fsp3) is 0.0769. The van der Waals surface area contributed by atoms with Crippen LogP contribution in [0.3, 0.4) is 0 Å². The van der Waals surface area contributed by atoms with Gasteiger partial charge >= 0.3 is 5.69 Å². The van der Waals surface area contributed by atoms with Crippen LogP contribution in [0.1, 0.15) is 5.56 Å². The molecule has 0 saturated carbocycles. The third-order valence-corrected chi connectivity index (χ3v) is 4.21. The highest BCUT2D eigenvalue weighted by atomic mass is 32.2. The molecule has 2 aromatic carbocycles. The molecule has 0 unspecified atom stereocenters. The van der Waals surface area contributed by atoms with Crippen molar-refractivity contribution in [1.29, 1.82) is 0 Å². The number of nitrogens with one attached hydrogen (secondary N) is 1. The first kappa shape index (κ1) is 14.8. The average molecular weight is 308 g/mol. The average Bonchev–Trinajstić information content (AvgIpc) is 2.41. The Kier molecular flexibility index (Phi) is 3.81. The Morgan fingerprint density at radius 3 is 2.48 bits per heavy atom. The molecule has 0 spiro atoms. The van der Waals surface area contributed by atoms with Crippen LogP contribution >= 0.6 is 0 Å². The summed E-state index contributed by atoms with van der Waals surface area (Å²) < 4.78 is 26.8. The van der Waals surface area contributed by atoms with Gasteiger partial charge in [0.25, 0.3) is 10.0 Å². The molecular formula is C13H12N2O5S. The van der Waals surface area contributed by atoms with Crippen molar-refractivity contribution in [3.63, 3.8) is 0 Å². The van der Waals surface area contributed by atoms with E-state index in [2.05, 4.69) is 4.72 Å². The Balaban J connectivity index is 2.43. The number of nitrogens with zero attached hydrogens (tertiary/aromatic N) is 1. The molecule has 0 fully saturated rings. The number of para-hydroxylation sites is 1. The molecule has 2 rings (SSSR count). The van der Waals surface area contributed by atoms with E-state index in [-0.39, 0.29) is 4.90 Å². The smallest absolute Gasteiger partial charge is 0.312 e. The highest BCUT2D eigenvalue weighted by Gasteiger charge is 2.21. The van der Waals surface area contributed by atoms with E-state index in [9.17, 15) is 23.6 Å². The molecule has 0 radical (unpaired) electrons. The third kappa shape index (κ3) is 3.11. The lowest BCUT2D eigenvalue weighted by Gasteiger charge is -2.10. The summed E-state index contributed by atoms with van der Waals surface area (Å²) in [5.41, 5.74) is 0.435. The molecular weight excluding hydrogens is 296 g/mol. The number of benzene rings is 2. The van der Waals surface area contributed by atoms with Gasteiger partial charge in [-0.25, -0.2) is 8.42 Å². The number of nitro groups is 1. The quantitative estimate of drug-likeness (QED) is 0.665. The lowest BCUT2D eigenvalue weighted by molar-refractivity contribution is -0.386. The van der Waals surface area contributed by atoms with Crippen LogP contribution in [0.15, 0.2) is 47.4 Å². The highest BCUT2D eigenvalue weighted by molar-refractivity contribution is 7.92. The summed E-state index contributed by atoms with van der Waals surface area (Å²) in [6, 6.07) is 9.64. The molecule has 0 bridgehead atoms. The molecule has 0 atom stereocenters. The minimum absolute atomic E-state index is 0.296. The SMILES string of the molecule is Cc1ccccc1NS(=O)(=O)c1ccc(O)c([N+](=O)[O-])c1. The van der Waals surface area contributed by atoms with Gasteiger partial charge in [-0.3, -0.25) is 14.8 Å². The van der Waals surface area contributed by atoms with Crippen molar-refractivity contribution >= 4 is 21.4 Å². The van der Waals surface area contributed by atoms with Gasteiger partial charge in [-0.2, -0.15) is 0 Å². The number of phenols is 1. The zero-order valence-corrected chi connectivity index (χ0v) is 11.8. The molecule has 0 saturated heterocycles. The fourth-order valence-corrected chi connectivity index (χ4v) is 2.86. The van der Waals surface area contributed by atoms with E-state index >= 15 is 0 Å². The van der Waals surface area contributed by atoms with E-state index in [0.717, 1.165) is 18.2 Å². The van der Waals surface area contributed by atoms with Gasteiger partial charge in [0.1, 0.15) is 0 Å². The lowest BCUT2D eigenvalue weighted by atomic mass is 10.2. The molecule has 0 heterocycles. The predicted octanol–water partition coefficient (Wildman–Crippen LogP) is 2.41. The van der Waals surface area contributed by atoms with Crippen LogP contribution in [0.25, 0.3) is 0 Å². The number of nitro benzene ring substituents is 1. The van der Waals surface area contributed by atoms with Gasteiger partial charge in [0.15, 0.2) is 5.75 Å². The van der Waals surface area contributed by atoms with Crippen LogP contribution < -0.4 is 4.72 Å². The maximum atomic E-state index is 12.2. The van der Waals surface area contributed by atoms with Crippen molar-refractivity contribution in [3.8, 4) is 5.75 Å². The van der Waals surface area contributed by atoms with Crippen molar-refractivity contribution in [2.45, 2.75) is 11.8 Å². The van der Waals surface area contributed by atoms with Gasteiger partial charge < -0.3 is 5.11 Å². The minimum atomic E-state index is -3.97. The second kappa shape index (κ2) is 5.41. The molecule has 2 aromatic rings. The van der Waals surface area contributed by atoms with E-state index in [0.29, 0.717) is 11.3 Å². The second-order valence-corrected chi connectivity index (χ2v) is 6.01. The van der Waals surface area contributed by atoms with Crippen molar-refractivity contribution in [2.75, 3.05) is 4.72 Å². The van der Waals surface area contributed by atoms with Crippen LogP contribution in [0.4, 0.5) is 11.4 Å².